The first-order valence-corrected chi connectivity index (χ1v) is 27.3. The third-order valence-corrected chi connectivity index (χ3v) is 25.8. The maximum Gasteiger partial charge on any atom is 0.0978 e. The van der Waals surface area contributed by atoms with Crippen molar-refractivity contribution in [3.05, 3.63) is 52.1 Å². The van der Waals surface area contributed by atoms with Gasteiger partial charge in [-0.15, -0.1) is 0 Å². The fourth-order valence-corrected chi connectivity index (χ4v) is 25.3. The van der Waals surface area contributed by atoms with Crippen molar-refractivity contribution in [3.8, 4) is 11.8 Å². The summed E-state index contributed by atoms with van der Waals surface area (Å²) in [5, 5.41) is 88.6. The molecule has 0 spiro atoms. The van der Waals surface area contributed by atoms with Gasteiger partial charge in [0, 0.05) is 30.8 Å². The number of hydrogen-bond donors (Lipinski definition) is 0. The van der Waals surface area contributed by atoms with Crippen molar-refractivity contribution >= 4 is 297 Å². The summed E-state index contributed by atoms with van der Waals surface area (Å²) in [6.45, 7) is 2.63. The van der Waals surface area contributed by atoms with Crippen LogP contribution in [0.2, 0.25) is 0 Å². The molecule has 0 bridgehead atoms. The summed E-state index contributed by atoms with van der Waals surface area (Å²) < 4.78 is 0. The van der Waals surface area contributed by atoms with Crippen LogP contribution in [-0.4, -0.2) is 14.1 Å². The minimum Gasteiger partial charge on any atom is -0.378 e. The van der Waals surface area contributed by atoms with Gasteiger partial charge in [-0.3, -0.25) is 0 Å². The first-order valence-electron chi connectivity index (χ1n) is 27.3. The highest BCUT2D eigenvalue weighted by Gasteiger charge is 2.69. The molecule has 1 heteroatoms. The largest absolute Gasteiger partial charge is 0.378 e. The van der Waals surface area contributed by atoms with Gasteiger partial charge in [0.15, 0.2) is 0 Å². The topological polar surface area (TPSA) is 3.24 Å². The Kier molecular flexibility index (Phi) is 2.51. The molecule has 0 aliphatic heterocycles. The quantitative estimate of drug-likeness (QED) is 0.123. The fraction of sp³-hybridized carbons (Fsp3) is 0.0833. The van der Waals surface area contributed by atoms with Crippen LogP contribution in [0.4, 0.5) is 5.69 Å². The zero-order valence-electron chi connectivity index (χ0n) is 38.5. The van der Waals surface area contributed by atoms with Crippen LogP contribution in [0.5, 0.6) is 0 Å². The van der Waals surface area contributed by atoms with E-state index in [1.54, 1.807) is 313 Å². The van der Waals surface area contributed by atoms with Gasteiger partial charge in [-0.25, -0.2) is 0 Å². The van der Waals surface area contributed by atoms with E-state index >= 15 is 0 Å². The van der Waals surface area contributed by atoms with Crippen molar-refractivity contribution < 1.29 is 0 Å². The molecule has 0 N–H and O–H groups in total. The van der Waals surface area contributed by atoms with E-state index in [9.17, 15) is 0 Å². The maximum atomic E-state index is 4.69. The molecule has 4 aliphatic rings. The standard InChI is InChI=1S/C72H15N/c1-4-71-67-59-51-41-31-23-15-13-14-17-21-19(15)27-35-29(21)39-33-25(17)26-18(14)22-20-16(13)24(23)32-38-28(20)36-30(22)40-34(26)44-43(33)53-47(39)57-49(35)55(45(51)37(27)31)61(67)63(57)69-65(53)66-54(44)48(40)58-50(36)56-46(38)52(42(32)41)60(59)68(71)62(56)64(58)70(66)72(69,71)10-9-11-5-7-12(8-6-11)73(2)3/h5-8H,4H2,1-3H3. The lowest BCUT2D eigenvalue weighted by Crippen LogP contribution is -2.50. The lowest BCUT2D eigenvalue weighted by Gasteiger charge is -2.51. The molecule has 73 heavy (non-hydrogen) atoms. The van der Waals surface area contributed by atoms with Crippen LogP contribution in [0, 0.1) is 11.8 Å². The zero-order valence-corrected chi connectivity index (χ0v) is 38.5. The Morgan fingerprint density at radius 3 is 0.658 bits per heavy atom. The first-order chi connectivity index (χ1) is 36.2. The highest BCUT2D eigenvalue weighted by atomic mass is 15.1. The Labute approximate surface area is 401 Å². The number of anilines is 1. The summed E-state index contributed by atoms with van der Waals surface area (Å²) in [7, 11) is 4.31. The summed E-state index contributed by atoms with van der Waals surface area (Å²) >= 11 is 0. The van der Waals surface area contributed by atoms with Crippen LogP contribution in [-0.2, 0) is 10.8 Å². The summed E-state index contributed by atoms with van der Waals surface area (Å²) in [5.41, 5.74) is 8.06. The van der Waals surface area contributed by atoms with Crippen molar-refractivity contribution in [1.29, 1.82) is 0 Å². The van der Waals surface area contributed by atoms with Gasteiger partial charge in [-0.2, -0.15) is 0 Å². The molecule has 0 atom stereocenters. The van der Waals surface area contributed by atoms with Gasteiger partial charge in [0.1, 0.15) is 0 Å². The molecule has 0 saturated heterocycles. The second-order valence-corrected chi connectivity index (χ2v) is 26.5. The minimum absolute atomic E-state index is 0.366. The Morgan fingerprint density at radius 1 is 0.274 bits per heavy atom. The molecule has 1 nitrogen and oxygen atoms in total. The average Bonchev–Trinajstić information content (AvgIpc) is 3.68. The molecule has 0 fully saturated rings. The fourth-order valence-electron chi connectivity index (χ4n) is 25.3. The molecular weight excluding hydrogens is 879 g/mol. The van der Waals surface area contributed by atoms with Crippen molar-refractivity contribution in [3.63, 3.8) is 0 Å². The number of rotatable bonds is 2. The Balaban J connectivity index is 1.13. The Bertz CT molecular complexity index is 7330. The minimum atomic E-state index is -0.576. The van der Waals surface area contributed by atoms with Crippen molar-refractivity contribution in [2.75, 3.05) is 19.0 Å². The summed E-state index contributed by atoms with van der Waals surface area (Å²) in [6.07, 6.45) is 1.02. The number of hydrogen-bond acceptors (Lipinski definition) is 1. The SMILES string of the molecule is CCC12c3c4c5c6c7c8c(c9c%10c1c1c3c3c%11c4c4c5c5c7c7c%12c8c8c9c9c%10c%10c1c1c3c3c%11c%11c4c4c5c7c5c7c%12c8c8c9c9c%10c1c1c3c3c%11c4c5c4c7c8c9c1c34)C62C#Cc1ccc(N(C)C)cc1. The predicted molar refractivity (Wildman–Crippen MR) is 312 cm³/mol. The Hall–Kier alpha value is -8.96. The molecule has 0 amide bonds. The smallest absolute Gasteiger partial charge is 0.0978 e. The zero-order chi connectivity index (χ0) is 44.2. The van der Waals surface area contributed by atoms with E-state index in [0.29, 0.717) is 0 Å². The molecule has 0 saturated carbocycles. The van der Waals surface area contributed by atoms with Gasteiger partial charge in [0.05, 0.1) is 5.41 Å². The molecular formula is C72H15N. The molecule has 0 unspecified atom stereocenters. The third-order valence-electron chi connectivity index (χ3n) is 25.8. The molecule has 33 rings (SSSR count). The third kappa shape index (κ3) is 1.57. The molecule has 29 aromatic carbocycles. The number of benzene rings is 19. The first kappa shape index (κ1) is 28.2. The molecule has 0 aromatic heterocycles. The summed E-state index contributed by atoms with van der Waals surface area (Å²) in [5.74, 6) is 8.89. The van der Waals surface area contributed by atoms with E-state index in [1.165, 1.54) is 5.69 Å². The van der Waals surface area contributed by atoms with Gasteiger partial charge < -0.3 is 4.90 Å². The van der Waals surface area contributed by atoms with E-state index in [4.69, 9.17) is 0 Å². The van der Waals surface area contributed by atoms with Gasteiger partial charge in [0.25, 0.3) is 0 Å². The summed E-state index contributed by atoms with van der Waals surface area (Å²) in [6, 6.07) is 9.24. The van der Waals surface area contributed by atoms with Crippen molar-refractivity contribution in [2.45, 2.75) is 24.2 Å². The second kappa shape index (κ2) is 6.51. The van der Waals surface area contributed by atoms with Gasteiger partial charge in [-0.1, -0.05) is 18.8 Å². The number of nitrogens with zero attached hydrogens (tertiary/aromatic N) is 1. The lowest BCUT2D eigenvalue weighted by atomic mass is 9.48. The highest BCUT2D eigenvalue weighted by Crippen LogP contribution is 2.84. The van der Waals surface area contributed by atoms with Gasteiger partial charge >= 0.3 is 0 Å². The molecule has 0 heterocycles. The average molecular weight is 894 g/mol. The van der Waals surface area contributed by atoms with Crippen LogP contribution < -0.4 is 4.90 Å². The van der Waals surface area contributed by atoms with Gasteiger partial charge in [-0.05, 0) is 344 Å². The normalized spacial score (nSPS) is 21.1. The molecule has 4 aliphatic carbocycles. The summed E-state index contributed by atoms with van der Waals surface area (Å²) in [4.78, 5) is 2.23. The van der Waals surface area contributed by atoms with E-state index in [1.807, 2.05) is 0 Å². The molecule has 308 valence electrons. The van der Waals surface area contributed by atoms with E-state index in [0.717, 1.165) is 12.0 Å². The lowest BCUT2D eigenvalue weighted by molar-refractivity contribution is 0.387. The van der Waals surface area contributed by atoms with Crippen LogP contribution >= 0.6 is 0 Å². The predicted octanol–water partition coefficient (Wildman–Crippen LogP) is 18.8. The second-order valence-electron chi connectivity index (χ2n) is 26.5. The van der Waals surface area contributed by atoms with Crippen LogP contribution in [0.1, 0.15) is 41.2 Å². The van der Waals surface area contributed by atoms with E-state index in [2.05, 4.69) is 62.0 Å². The van der Waals surface area contributed by atoms with Crippen molar-refractivity contribution in [1.82, 2.24) is 0 Å². The van der Waals surface area contributed by atoms with Crippen LogP contribution in [0.25, 0.3) is 291 Å². The van der Waals surface area contributed by atoms with Crippen molar-refractivity contribution in [2.24, 2.45) is 0 Å². The van der Waals surface area contributed by atoms with E-state index < -0.39 is 5.41 Å². The molecule has 29 aromatic rings. The molecule has 0 radical (unpaired) electrons. The maximum absolute atomic E-state index is 4.69. The van der Waals surface area contributed by atoms with Crippen LogP contribution in [0.15, 0.2) is 24.3 Å². The van der Waals surface area contributed by atoms with Gasteiger partial charge in [0.2, 0.25) is 0 Å². The Morgan fingerprint density at radius 2 is 0.466 bits per heavy atom. The monoisotopic (exact) mass is 893 g/mol. The van der Waals surface area contributed by atoms with Crippen LogP contribution in [0.3, 0.4) is 0 Å². The van der Waals surface area contributed by atoms with E-state index in [-0.39, 0.29) is 5.41 Å². The highest BCUT2D eigenvalue weighted by molar-refractivity contribution is 6.82.